The van der Waals surface area contributed by atoms with Crippen LogP contribution in [-0.2, 0) is 27.3 Å². The highest BCUT2D eigenvalue weighted by atomic mass is 16.5. The number of methoxy groups -OCH3 is 2. The van der Waals surface area contributed by atoms with E-state index in [9.17, 15) is 9.59 Å². The summed E-state index contributed by atoms with van der Waals surface area (Å²) >= 11 is 0. The van der Waals surface area contributed by atoms with Gasteiger partial charge in [0.1, 0.15) is 5.76 Å². The number of amides is 2. The first kappa shape index (κ1) is 28.5. The van der Waals surface area contributed by atoms with Crippen molar-refractivity contribution in [3.63, 3.8) is 0 Å². The highest BCUT2D eigenvalue weighted by molar-refractivity contribution is 5.85. The zero-order valence-corrected chi connectivity index (χ0v) is 22.6. The molecule has 1 aromatic heterocycles. The first-order valence-electron chi connectivity index (χ1n) is 13.0. The third kappa shape index (κ3) is 8.79. The summed E-state index contributed by atoms with van der Waals surface area (Å²) in [4.78, 5) is 32.3. The minimum Gasteiger partial charge on any atom is -0.493 e. The summed E-state index contributed by atoms with van der Waals surface area (Å²) in [5.74, 6) is 1.73. The molecule has 0 radical (unpaired) electrons. The third-order valence-corrected chi connectivity index (χ3v) is 6.54. The van der Waals surface area contributed by atoms with Gasteiger partial charge < -0.3 is 28.4 Å². The van der Waals surface area contributed by atoms with Gasteiger partial charge in [0.2, 0.25) is 11.8 Å². The van der Waals surface area contributed by atoms with Crippen LogP contribution in [0, 0.1) is 5.92 Å². The smallest absolute Gasteiger partial charge is 0.242 e. The fraction of sp³-hybridized carbons (Fsp3) is 0.571. The number of rotatable bonds is 14. The van der Waals surface area contributed by atoms with Crippen molar-refractivity contribution in [1.29, 1.82) is 0 Å². The van der Waals surface area contributed by atoms with E-state index in [2.05, 4.69) is 4.90 Å². The zero-order chi connectivity index (χ0) is 26.6. The van der Waals surface area contributed by atoms with Gasteiger partial charge in [-0.15, -0.1) is 0 Å². The fourth-order valence-corrected chi connectivity index (χ4v) is 4.39. The average molecular weight is 516 g/mol. The Bertz CT molecular complexity index is 972. The van der Waals surface area contributed by atoms with Gasteiger partial charge in [-0.1, -0.05) is 19.9 Å². The molecular weight excluding hydrogens is 474 g/mol. The molecule has 0 atom stereocenters. The number of morpholine rings is 1. The van der Waals surface area contributed by atoms with Crippen molar-refractivity contribution in [2.75, 3.05) is 66.7 Å². The maximum absolute atomic E-state index is 13.5. The molecule has 2 amide bonds. The lowest BCUT2D eigenvalue weighted by atomic mass is 10.1. The highest BCUT2D eigenvalue weighted by Crippen LogP contribution is 2.27. The van der Waals surface area contributed by atoms with Gasteiger partial charge in [0, 0.05) is 38.6 Å². The summed E-state index contributed by atoms with van der Waals surface area (Å²) < 4.78 is 21.7. The van der Waals surface area contributed by atoms with Crippen LogP contribution in [-0.4, -0.2) is 93.2 Å². The second-order valence-electron chi connectivity index (χ2n) is 9.56. The number of hydrogen-bond donors (Lipinski definition) is 0. The molecule has 204 valence electrons. The van der Waals surface area contributed by atoms with Gasteiger partial charge in [-0.25, -0.2) is 0 Å². The molecule has 0 spiro atoms. The van der Waals surface area contributed by atoms with Crippen LogP contribution in [0.3, 0.4) is 0 Å². The number of carbonyl (C=O) groups is 2. The number of ether oxygens (including phenoxy) is 3. The number of furan rings is 1. The van der Waals surface area contributed by atoms with E-state index in [0.717, 1.165) is 44.8 Å². The Kier molecular flexibility index (Phi) is 11.3. The molecule has 37 heavy (non-hydrogen) atoms. The summed E-state index contributed by atoms with van der Waals surface area (Å²) in [6.07, 6.45) is 3.05. The molecule has 1 aliphatic heterocycles. The molecule has 0 bridgehead atoms. The van der Waals surface area contributed by atoms with Gasteiger partial charge in [0.05, 0.1) is 46.8 Å². The van der Waals surface area contributed by atoms with Crippen molar-refractivity contribution in [2.24, 2.45) is 5.92 Å². The minimum atomic E-state index is -0.179. The maximum Gasteiger partial charge on any atom is 0.242 e. The molecule has 0 saturated carbocycles. The molecule has 2 heterocycles. The molecule has 1 fully saturated rings. The second kappa shape index (κ2) is 14.6. The lowest BCUT2D eigenvalue weighted by molar-refractivity contribution is -0.142. The largest absolute Gasteiger partial charge is 0.493 e. The molecule has 0 aliphatic carbocycles. The highest BCUT2D eigenvalue weighted by Gasteiger charge is 2.24. The van der Waals surface area contributed by atoms with Crippen molar-refractivity contribution < 1.29 is 28.2 Å². The van der Waals surface area contributed by atoms with Gasteiger partial charge in [-0.05, 0) is 42.7 Å². The number of nitrogens with zero attached hydrogens (tertiary/aromatic N) is 3. The van der Waals surface area contributed by atoms with Crippen LogP contribution in [0.15, 0.2) is 41.0 Å². The van der Waals surface area contributed by atoms with E-state index in [0.29, 0.717) is 43.3 Å². The first-order valence-corrected chi connectivity index (χ1v) is 13.0. The molecule has 9 nitrogen and oxygen atoms in total. The van der Waals surface area contributed by atoms with Crippen LogP contribution in [0.25, 0.3) is 0 Å². The van der Waals surface area contributed by atoms with E-state index in [1.54, 1.807) is 30.3 Å². The molecule has 1 aromatic carbocycles. The van der Waals surface area contributed by atoms with E-state index < -0.39 is 0 Å². The summed E-state index contributed by atoms with van der Waals surface area (Å²) in [6, 6.07) is 9.43. The van der Waals surface area contributed by atoms with Crippen molar-refractivity contribution in [1.82, 2.24) is 14.7 Å². The van der Waals surface area contributed by atoms with Crippen LogP contribution in [0.1, 0.15) is 31.6 Å². The van der Waals surface area contributed by atoms with Gasteiger partial charge in [-0.2, -0.15) is 0 Å². The second-order valence-corrected chi connectivity index (χ2v) is 9.56. The Morgan fingerprint density at radius 3 is 2.43 bits per heavy atom. The molecule has 0 N–H and O–H groups in total. The predicted octanol–water partition coefficient (Wildman–Crippen LogP) is 3.08. The molecule has 2 aromatic rings. The van der Waals surface area contributed by atoms with Crippen LogP contribution in [0.5, 0.6) is 11.5 Å². The van der Waals surface area contributed by atoms with E-state index in [1.807, 2.05) is 44.2 Å². The standard InChI is InChI=1S/C28H41N3O6/c1-22(2)28(33)31(12-6-11-29-14-17-36-18-15-29)21-27(32)30(20-24-7-5-16-37-24)13-10-23-8-9-25(34-3)26(19-23)35-4/h5,7-9,16,19,22H,6,10-15,17-18,20-21H2,1-4H3. The average Bonchev–Trinajstić information content (AvgIpc) is 3.43. The Morgan fingerprint density at radius 2 is 1.78 bits per heavy atom. The van der Waals surface area contributed by atoms with Crippen molar-refractivity contribution in [2.45, 2.75) is 33.2 Å². The summed E-state index contributed by atoms with van der Waals surface area (Å²) in [5.41, 5.74) is 1.02. The van der Waals surface area contributed by atoms with Crippen molar-refractivity contribution in [3.05, 3.63) is 47.9 Å². The third-order valence-electron chi connectivity index (χ3n) is 6.54. The number of carbonyl (C=O) groups excluding carboxylic acids is 2. The number of hydrogen-bond acceptors (Lipinski definition) is 7. The van der Waals surface area contributed by atoms with Crippen molar-refractivity contribution in [3.8, 4) is 11.5 Å². The Morgan fingerprint density at radius 1 is 1.03 bits per heavy atom. The molecule has 3 rings (SSSR count). The van der Waals surface area contributed by atoms with Gasteiger partial charge >= 0.3 is 0 Å². The zero-order valence-electron chi connectivity index (χ0n) is 22.6. The van der Waals surface area contributed by atoms with E-state index in [-0.39, 0.29) is 24.3 Å². The van der Waals surface area contributed by atoms with Crippen molar-refractivity contribution >= 4 is 11.8 Å². The monoisotopic (exact) mass is 515 g/mol. The van der Waals surface area contributed by atoms with Crippen LogP contribution in [0.2, 0.25) is 0 Å². The molecule has 9 heteroatoms. The topological polar surface area (TPSA) is 84.7 Å². The molecule has 1 aliphatic rings. The summed E-state index contributed by atoms with van der Waals surface area (Å²) in [5, 5.41) is 0. The summed E-state index contributed by atoms with van der Waals surface area (Å²) in [7, 11) is 3.21. The maximum atomic E-state index is 13.5. The fourth-order valence-electron chi connectivity index (χ4n) is 4.39. The Labute approximate surface area is 220 Å². The first-order chi connectivity index (χ1) is 17.9. The van der Waals surface area contributed by atoms with Crippen LogP contribution >= 0.6 is 0 Å². The molecule has 1 saturated heterocycles. The number of benzene rings is 1. The Hall–Kier alpha value is -3.04. The quantitative estimate of drug-likeness (QED) is 0.382. The lowest BCUT2D eigenvalue weighted by Crippen LogP contribution is -2.45. The van der Waals surface area contributed by atoms with Gasteiger partial charge in [-0.3, -0.25) is 14.5 Å². The minimum absolute atomic E-state index is 0.00633. The molecule has 0 unspecified atom stereocenters. The van der Waals surface area contributed by atoms with E-state index >= 15 is 0 Å². The predicted molar refractivity (Wildman–Crippen MR) is 141 cm³/mol. The van der Waals surface area contributed by atoms with Gasteiger partial charge in [0.25, 0.3) is 0 Å². The normalized spacial score (nSPS) is 14.0. The SMILES string of the molecule is COc1ccc(CCN(Cc2ccco2)C(=O)CN(CCCN2CCOCC2)C(=O)C(C)C)cc1OC. The van der Waals surface area contributed by atoms with E-state index in [1.165, 1.54) is 0 Å². The van der Waals surface area contributed by atoms with E-state index in [4.69, 9.17) is 18.6 Å². The van der Waals surface area contributed by atoms with Crippen LogP contribution < -0.4 is 9.47 Å². The lowest BCUT2D eigenvalue weighted by Gasteiger charge is -2.30. The summed E-state index contributed by atoms with van der Waals surface area (Å²) in [6.45, 7) is 9.35. The molecular formula is C28H41N3O6. The van der Waals surface area contributed by atoms with Gasteiger partial charge in [0.15, 0.2) is 11.5 Å². The van der Waals surface area contributed by atoms with Crippen LogP contribution in [0.4, 0.5) is 0 Å². The Balaban J connectivity index is 1.66.